The third-order valence-corrected chi connectivity index (χ3v) is 5.46. The van der Waals surface area contributed by atoms with E-state index in [1.807, 2.05) is 13.0 Å². The zero-order valence-corrected chi connectivity index (χ0v) is 16.9. The number of carboxylic acid groups (broad SMARTS) is 1. The highest BCUT2D eigenvalue weighted by Gasteiger charge is 2.52. The normalized spacial score (nSPS) is 18.1. The molecule has 1 heterocycles. The zero-order chi connectivity index (χ0) is 23.0. The standard InChI is InChI=1S/C25H18FNO5/c1-14-4-2-5-15(12-14)20-21(22(28)16-6-3-7-17(13-16)25(31)32)27(24(30)23(20)29)19-10-8-18(26)9-11-19/h2-13,20-21H,1H3,(H,31,32)/p-1. The van der Waals surface area contributed by atoms with Crippen LogP contribution in [-0.2, 0) is 9.59 Å². The van der Waals surface area contributed by atoms with Gasteiger partial charge < -0.3 is 9.90 Å². The topological polar surface area (TPSA) is 94.6 Å². The van der Waals surface area contributed by atoms with Crippen LogP contribution in [0.2, 0.25) is 0 Å². The van der Waals surface area contributed by atoms with Crippen LogP contribution in [0.4, 0.5) is 10.1 Å². The van der Waals surface area contributed by atoms with Gasteiger partial charge in [-0.1, -0.05) is 48.0 Å². The van der Waals surface area contributed by atoms with E-state index in [0.29, 0.717) is 5.56 Å². The number of benzene rings is 3. The predicted molar refractivity (Wildman–Crippen MR) is 112 cm³/mol. The van der Waals surface area contributed by atoms with E-state index in [9.17, 15) is 28.7 Å². The number of halogens is 1. The van der Waals surface area contributed by atoms with Gasteiger partial charge in [-0.05, 0) is 48.4 Å². The van der Waals surface area contributed by atoms with Gasteiger partial charge in [0.25, 0.3) is 5.91 Å². The molecule has 0 N–H and O–H groups in total. The number of ketones is 2. The molecule has 1 aliphatic rings. The molecule has 3 aromatic rings. The monoisotopic (exact) mass is 430 g/mol. The third kappa shape index (κ3) is 3.69. The molecule has 160 valence electrons. The first-order chi connectivity index (χ1) is 15.3. The number of carboxylic acids is 1. The van der Waals surface area contributed by atoms with Gasteiger partial charge in [-0.15, -0.1) is 0 Å². The van der Waals surface area contributed by atoms with Gasteiger partial charge in [0, 0.05) is 11.3 Å². The van der Waals surface area contributed by atoms with Crippen molar-refractivity contribution in [3.8, 4) is 0 Å². The van der Waals surface area contributed by atoms with E-state index in [1.165, 1.54) is 30.3 Å². The van der Waals surface area contributed by atoms with Gasteiger partial charge in [-0.25, -0.2) is 4.39 Å². The third-order valence-electron chi connectivity index (χ3n) is 5.46. The smallest absolute Gasteiger partial charge is 0.295 e. The lowest BCUT2D eigenvalue weighted by molar-refractivity contribution is -0.255. The number of rotatable bonds is 5. The number of carbonyl (C=O) groups excluding carboxylic acids is 4. The number of aryl methyl sites for hydroxylation is 1. The van der Waals surface area contributed by atoms with E-state index in [0.717, 1.165) is 28.7 Å². The van der Waals surface area contributed by atoms with E-state index < -0.39 is 41.2 Å². The summed E-state index contributed by atoms with van der Waals surface area (Å²) in [6, 6.07) is 15.8. The summed E-state index contributed by atoms with van der Waals surface area (Å²) in [6.07, 6.45) is 0. The average Bonchev–Trinajstić information content (AvgIpc) is 3.04. The molecular weight excluding hydrogens is 413 g/mol. The molecule has 1 fully saturated rings. The Hall–Kier alpha value is -4.13. The van der Waals surface area contributed by atoms with Crippen LogP contribution in [-0.4, -0.2) is 29.5 Å². The minimum atomic E-state index is -1.45. The summed E-state index contributed by atoms with van der Waals surface area (Å²) < 4.78 is 13.5. The van der Waals surface area contributed by atoms with Crippen LogP contribution in [0.15, 0.2) is 72.8 Å². The predicted octanol–water partition coefficient (Wildman–Crippen LogP) is 2.45. The van der Waals surface area contributed by atoms with Crippen molar-refractivity contribution >= 4 is 29.1 Å². The second-order valence-corrected chi connectivity index (χ2v) is 7.58. The van der Waals surface area contributed by atoms with Crippen molar-refractivity contribution in [1.82, 2.24) is 0 Å². The Balaban J connectivity index is 1.88. The van der Waals surface area contributed by atoms with Crippen molar-refractivity contribution in [1.29, 1.82) is 0 Å². The lowest BCUT2D eigenvalue weighted by atomic mass is 9.85. The van der Waals surface area contributed by atoms with Gasteiger partial charge in [-0.3, -0.25) is 19.3 Å². The molecule has 1 aliphatic heterocycles. The van der Waals surface area contributed by atoms with Gasteiger partial charge in [0.2, 0.25) is 5.78 Å². The molecule has 0 aromatic heterocycles. The molecule has 1 amide bonds. The summed E-state index contributed by atoms with van der Waals surface area (Å²) in [7, 11) is 0. The van der Waals surface area contributed by atoms with Gasteiger partial charge in [0.05, 0.1) is 11.9 Å². The van der Waals surface area contributed by atoms with Crippen LogP contribution in [0, 0.1) is 12.7 Å². The van der Waals surface area contributed by atoms with Gasteiger partial charge in [-0.2, -0.15) is 0 Å². The summed E-state index contributed by atoms with van der Waals surface area (Å²) in [5.41, 5.74) is 1.33. The first-order valence-corrected chi connectivity index (χ1v) is 9.83. The fourth-order valence-corrected chi connectivity index (χ4v) is 3.99. The number of hydrogen-bond acceptors (Lipinski definition) is 5. The van der Waals surface area contributed by atoms with Crippen molar-refractivity contribution in [3.05, 3.63) is 101 Å². The van der Waals surface area contributed by atoms with Crippen LogP contribution in [0.1, 0.15) is 37.8 Å². The molecule has 3 aromatic carbocycles. The first-order valence-electron chi connectivity index (χ1n) is 9.83. The molecule has 7 heteroatoms. The number of nitrogens with zero attached hydrogens (tertiary/aromatic N) is 1. The maximum Gasteiger partial charge on any atom is 0.295 e. The highest BCUT2D eigenvalue weighted by Crippen LogP contribution is 2.37. The summed E-state index contributed by atoms with van der Waals surface area (Å²) >= 11 is 0. The number of amides is 1. The van der Waals surface area contributed by atoms with Crippen LogP contribution in [0.3, 0.4) is 0 Å². The fraction of sp³-hybridized carbons (Fsp3) is 0.120. The Morgan fingerprint density at radius 3 is 2.22 bits per heavy atom. The van der Waals surface area contributed by atoms with Crippen molar-refractivity contribution in [2.45, 2.75) is 18.9 Å². The second-order valence-electron chi connectivity index (χ2n) is 7.58. The number of hydrogen-bond donors (Lipinski definition) is 0. The Bertz CT molecular complexity index is 1250. The Morgan fingerprint density at radius 2 is 1.56 bits per heavy atom. The highest BCUT2D eigenvalue weighted by atomic mass is 19.1. The van der Waals surface area contributed by atoms with Crippen LogP contribution >= 0.6 is 0 Å². The molecule has 0 saturated carbocycles. The molecule has 6 nitrogen and oxygen atoms in total. The molecule has 0 spiro atoms. The van der Waals surface area contributed by atoms with E-state index in [-0.39, 0.29) is 16.8 Å². The molecule has 0 aliphatic carbocycles. The summed E-state index contributed by atoms with van der Waals surface area (Å²) in [4.78, 5) is 52.0. The first kappa shape index (κ1) is 21.1. The van der Waals surface area contributed by atoms with Crippen molar-refractivity contribution in [3.63, 3.8) is 0 Å². The lowest BCUT2D eigenvalue weighted by Crippen LogP contribution is -2.41. The maximum absolute atomic E-state index is 13.6. The maximum atomic E-state index is 13.6. The van der Waals surface area contributed by atoms with Gasteiger partial charge in [0.1, 0.15) is 11.9 Å². The molecule has 0 bridgehead atoms. The Labute approximate surface area is 182 Å². The highest BCUT2D eigenvalue weighted by molar-refractivity contribution is 6.48. The largest absolute Gasteiger partial charge is 0.545 e. The molecule has 2 unspecified atom stereocenters. The second kappa shape index (κ2) is 8.19. The molecular formula is C25H17FNO5-. The Kier molecular flexibility index (Phi) is 5.40. The van der Waals surface area contributed by atoms with Gasteiger partial charge in [0.15, 0.2) is 5.78 Å². The summed E-state index contributed by atoms with van der Waals surface area (Å²) in [5, 5.41) is 11.3. The number of Topliss-reactive ketones (excluding diaryl/α,β-unsaturated/α-hetero) is 2. The van der Waals surface area contributed by atoms with Crippen molar-refractivity contribution in [2.24, 2.45) is 0 Å². The van der Waals surface area contributed by atoms with Crippen LogP contribution in [0.25, 0.3) is 0 Å². The van der Waals surface area contributed by atoms with E-state index in [1.54, 1.807) is 18.2 Å². The van der Waals surface area contributed by atoms with E-state index >= 15 is 0 Å². The van der Waals surface area contributed by atoms with Gasteiger partial charge >= 0.3 is 0 Å². The minimum absolute atomic E-state index is 0.0176. The molecule has 2 atom stereocenters. The number of anilines is 1. The molecule has 1 saturated heterocycles. The Morgan fingerprint density at radius 1 is 0.906 bits per heavy atom. The van der Waals surface area contributed by atoms with Crippen molar-refractivity contribution in [2.75, 3.05) is 4.90 Å². The SMILES string of the molecule is Cc1cccc(C2C(=O)C(=O)N(c3ccc(F)cc3)C2C(=O)c2cccc(C(=O)[O-])c2)c1. The van der Waals surface area contributed by atoms with Crippen LogP contribution < -0.4 is 10.0 Å². The van der Waals surface area contributed by atoms with E-state index in [4.69, 9.17) is 0 Å². The van der Waals surface area contributed by atoms with Crippen LogP contribution in [0.5, 0.6) is 0 Å². The zero-order valence-electron chi connectivity index (χ0n) is 16.9. The minimum Gasteiger partial charge on any atom is -0.545 e. The quantitative estimate of drug-likeness (QED) is 0.458. The molecule has 4 rings (SSSR count). The number of carbonyl (C=O) groups is 4. The summed E-state index contributed by atoms with van der Waals surface area (Å²) in [5.74, 6) is -5.36. The fourth-order valence-electron chi connectivity index (χ4n) is 3.99. The summed E-state index contributed by atoms with van der Waals surface area (Å²) in [6.45, 7) is 1.82. The molecule has 0 radical (unpaired) electrons. The van der Waals surface area contributed by atoms with Crippen molar-refractivity contribution < 1.29 is 28.7 Å². The lowest BCUT2D eigenvalue weighted by Gasteiger charge is -2.26. The number of aromatic carboxylic acids is 1. The average molecular weight is 430 g/mol. The molecule has 32 heavy (non-hydrogen) atoms. The van der Waals surface area contributed by atoms with E-state index in [2.05, 4.69) is 0 Å².